The van der Waals surface area contributed by atoms with E-state index in [1.54, 1.807) is 7.05 Å². The molecule has 1 aliphatic heterocycles. The molecule has 0 saturated carbocycles. The van der Waals surface area contributed by atoms with Crippen LogP contribution in [0.5, 0.6) is 0 Å². The number of amides is 4. The van der Waals surface area contributed by atoms with Crippen molar-refractivity contribution in [2.45, 2.75) is 25.4 Å². The number of nitro groups is 1. The highest BCUT2D eigenvalue weighted by Crippen LogP contribution is 2.30. The molecule has 3 rings (SSSR count). The number of urea groups is 1. The summed E-state index contributed by atoms with van der Waals surface area (Å²) in [7, 11) is 1.62. The van der Waals surface area contributed by atoms with Gasteiger partial charge >= 0.3 is 6.03 Å². The van der Waals surface area contributed by atoms with E-state index in [9.17, 15) is 24.5 Å². The molecule has 1 heterocycles. The van der Waals surface area contributed by atoms with E-state index < -0.39 is 28.9 Å². The van der Waals surface area contributed by atoms with E-state index in [-0.39, 0.29) is 17.6 Å². The molecule has 0 radical (unpaired) electrons. The minimum Gasteiger partial charge on any atom is -0.337 e. The Morgan fingerprint density at radius 1 is 1.17 bits per heavy atom. The first-order valence-electron chi connectivity index (χ1n) is 9.35. The van der Waals surface area contributed by atoms with Crippen LogP contribution in [0.2, 0.25) is 0 Å². The lowest BCUT2D eigenvalue weighted by Crippen LogP contribution is -2.44. The second-order valence-corrected chi connectivity index (χ2v) is 7.34. The van der Waals surface area contributed by atoms with Crippen molar-refractivity contribution in [3.8, 4) is 0 Å². The van der Waals surface area contributed by atoms with Crippen molar-refractivity contribution in [3.05, 3.63) is 75.8 Å². The number of hydrogen-bond acceptors (Lipinski definition) is 5. The van der Waals surface area contributed by atoms with Gasteiger partial charge < -0.3 is 10.2 Å². The summed E-state index contributed by atoms with van der Waals surface area (Å²) in [5, 5.41) is 13.4. The first kappa shape index (κ1) is 21.0. The molecule has 4 amide bonds. The SMILES string of the molecule is C[C@H](c1ccccc1)N(C)C(=O)CN1C(=O)N[C@@](C)(c2ccc([N+](=O)[O-])cc2)C1=O. The number of nitro benzene ring substituents is 1. The molecule has 2 aromatic rings. The van der Waals surface area contributed by atoms with Gasteiger partial charge in [-0.15, -0.1) is 0 Å². The summed E-state index contributed by atoms with van der Waals surface area (Å²) < 4.78 is 0. The number of nitrogens with one attached hydrogen (secondary N) is 1. The number of nitrogens with zero attached hydrogens (tertiary/aromatic N) is 3. The largest absolute Gasteiger partial charge is 0.337 e. The predicted molar refractivity (Wildman–Crippen MR) is 108 cm³/mol. The number of imide groups is 1. The van der Waals surface area contributed by atoms with Crippen molar-refractivity contribution in [2.75, 3.05) is 13.6 Å². The Morgan fingerprint density at radius 2 is 1.77 bits per heavy atom. The van der Waals surface area contributed by atoms with Crippen LogP contribution in [-0.4, -0.2) is 46.2 Å². The minimum atomic E-state index is -1.41. The van der Waals surface area contributed by atoms with E-state index in [1.807, 2.05) is 37.3 Å². The van der Waals surface area contributed by atoms with E-state index in [4.69, 9.17) is 0 Å². The lowest BCUT2D eigenvalue weighted by molar-refractivity contribution is -0.384. The normalized spacial score (nSPS) is 19.4. The summed E-state index contributed by atoms with van der Waals surface area (Å²) >= 11 is 0. The van der Waals surface area contributed by atoms with E-state index in [1.165, 1.54) is 36.1 Å². The Balaban J connectivity index is 1.75. The van der Waals surface area contributed by atoms with Crippen LogP contribution in [0.1, 0.15) is 31.0 Å². The van der Waals surface area contributed by atoms with Gasteiger partial charge in [-0.1, -0.05) is 30.3 Å². The van der Waals surface area contributed by atoms with Crippen molar-refractivity contribution in [2.24, 2.45) is 0 Å². The van der Waals surface area contributed by atoms with Gasteiger partial charge in [0, 0.05) is 19.2 Å². The summed E-state index contributed by atoms with van der Waals surface area (Å²) in [6.45, 7) is 2.97. The second-order valence-electron chi connectivity index (χ2n) is 7.34. The maximum atomic E-state index is 13.0. The van der Waals surface area contributed by atoms with Crippen LogP contribution in [-0.2, 0) is 15.1 Å². The molecule has 0 aliphatic carbocycles. The van der Waals surface area contributed by atoms with Gasteiger partial charge in [0.05, 0.1) is 11.0 Å². The molecular formula is C21H22N4O5. The topological polar surface area (TPSA) is 113 Å². The number of non-ortho nitro benzene ring substituents is 1. The Kier molecular flexibility index (Phi) is 5.55. The zero-order chi connectivity index (χ0) is 22.1. The van der Waals surface area contributed by atoms with Gasteiger partial charge in [-0.3, -0.25) is 24.6 Å². The first-order chi connectivity index (χ1) is 14.1. The summed E-state index contributed by atoms with van der Waals surface area (Å²) in [5.41, 5.74) is -0.202. The molecule has 1 saturated heterocycles. The number of benzene rings is 2. The van der Waals surface area contributed by atoms with Gasteiger partial charge in [-0.2, -0.15) is 0 Å². The van der Waals surface area contributed by atoms with Gasteiger partial charge in [0.2, 0.25) is 5.91 Å². The number of hydrogen-bond donors (Lipinski definition) is 1. The molecule has 156 valence electrons. The lowest BCUT2D eigenvalue weighted by atomic mass is 9.92. The van der Waals surface area contributed by atoms with E-state index in [0.29, 0.717) is 5.56 Å². The van der Waals surface area contributed by atoms with Crippen molar-refractivity contribution in [1.29, 1.82) is 0 Å². The highest BCUT2D eigenvalue weighted by molar-refractivity contribution is 6.09. The molecule has 30 heavy (non-hydrogen) atoms. The van der Waals surface area contributed by atoms with Crippen LogP contribution < -0.4 is 5.32 Å². The highest BCUT2D eigenvalue weighted by atomic mass is 16.6. The summed E-state index contributed by atoms with van der Waals surface area (Å²) in [6.07, 6.45) is 0. The van der Waals surface area contributed by atoms with Crippen LogP contribution in [0.3, 0.4) is 0 Å². The van der Waals surface area contributed by atoms with Crippen LogP contribution in [0, 0.1) is 10.1 Å². The maximum Gasteiger partial charge on any atom is 0.325 e. The molecule has 2 aromatic carbocycles. The van der Waals surface area contributed by atoms with E-state index in [2.05, 4.69) is 5.32 Å². The molecule has 1 aliphatic rings. The van der Waals surface area contributed by atoms with Crippen molar-refractivity contribution in [1.82, 2.24) is 15.1 Å². The number of rotatable bonds is 6. The molecule has 0 bridgehead atoms. The van der Waals surface area contributed by atoms with Crippen molar-refractivity contribution < 1.29 is 19.3 Å². The molecule has 2 atom stereocenters. The summed E-state index contributed by atoms with van der Waals surface area (Å²) in [5.74, 6) is -0.974. The minimum absolute atomic E-state index is 0.123. The zero-order valence-electron chi connectivity index (χ0n) is 16.9. The third-order valence-corrected chi connectivity index (χ3v) is 5.48. The molecule has 9 heteroatoms. The summed E-state index contributed by atoms with van der Waals surface area (Å²) in [4.78, 5) is 50.9. The van der Waals surface area contributed by atoms with Crippen LogP contribution in [0.15, 0.2) is 54.6 Å². The predicted octanol–water partition coefficient (Wildman–Crippen LogP) is 2.58. The Labute approximate surface area is 173 Å². The Morgan fingerprint density at radius 3 is 2.33 bits per heavy atom. The molecule has 1 fully saturated rings. The van der Waals surface area contributed by atoms with Gasteiger partial charge in [-0.05, 0) is 37.1 Å². The Hall–Kier alpha value is -3.75. The fourth-order valence-corrected chi connectivity index (χ4v) is 3.37. The zero-order valence-corrected chi connectivity index (χ0v) is 16.9. The molecular weight excluding hydrogens is 388 g/mol. The standard InChI is InChI=1S/C21H22N4O5/c1-14(15-7-5-4-6-8-15)23(3)18(26)13-24-19(27)21(2,22-20(24)28)16-9-11-17(12-10-16)25(29)30/h4-12,14H,13H2,1-3H3,(H,22,28)/t14-,21+/m1/s1. The molecule has 0 unspecified atom stereocenters. The lowest BCUT2D eigenvalue weighted by Gasteiger charge is -2.27. The second kappa shape index (κ2) is 7.94. The van der Waals surface area contributed by atoms with Crippen LogP contribution >= 0.6 is 0 Å². The number of carbonyl (C=O) groups is 3. The smallest absolute Gasteiger partial charge is 0.325 e. The van der Waals surface area contributed by atoms with Gasteiger partial charge in [-0.25, -0.2) is 4.79 Å². The number of likely N-dealkylation sites (N-methyl/N-ethyl adjacent to an activating group) is 1. The average molecular weight is 410 g/mol. The average Bonchev–Trinajstić information content (AvgIpc) is 2.97. The third kappa shape index (κ3) is 3.73. The third-order valence-electron chi connectivity index (χ3n) is 5.48. The van der Waals surface area contributed by atoms with Gasteiger partial charge in [0.1, 0.15) is 12.1 Å². The van der Waals surface area contributed by atoms with Crippen LogP contribution in [0.25, 0.3) is 0 Å². The fraction of sp³-hybridized carbons (Fsp3) is 0.286. The van der Waals surface area contributed by atoms with Crippen LogP contribution in [0.4, 0.5) is 10.5 Å². The van der Waals surface area contributed by atoms with E-state index in [0.717, 1.165) is 10.5 Å². The molecule has 9 nitrogen and oxygen atoms in total. The highest BCUT2D eigenvalue weighted by Gasteiger charge is 2.49. The van der Waals surface area contributed by atoms with Gasteiger partial charge in [0.25, 0.3) is 11.6 Å². The molecule has 0 spiro atoms. The Bertz CT molecular complexity index is 992. The monoisotopic (exact) mass is 410 g/mol. The first-order valence-corrected chi connectivity index (χ1v) is 9.35. The maximum absolute atomic E-state index is 13.0. The van der Waals surface area contributed by atoms with Crippen molar-refractivity contribution in [3.63, 3.8) is 0 Å². The van der Waals surface area contributed by atoms with Gasteiger partial charge in [0.15, 0.2) is 0 Å². The molecule has 0 aromatic heterocycles. The number of carbonyl (C=O) groups excluding carboxylic acids is 3. The van der Waals surface area contributed by atoms with Crippen molar-refractivity contribution >= 4 is 23.5 Å². The van der Waals surface area contributed by atoms with E-state index >= 15 is 0 Å². The molecule has 1 N–H and O–H groups in total. The fourth-order valence-electron chi connectivity index (χ4n) is 3.37. The quantitative estimate of drug-likeness (QED) is 0.447. The summed E-state index contributed by atoms with van der Waals surface area (Å²) in [6, 6.07) is 13.9.